The number of hydrogen-bond acceptors (Lipinski definition) is 6. The third kappa shape index (κ3) is 3.11. The molecule has 2 aromatic heterocycles. The molecule has 0 aliphatic carbocycles. The van der Waals surface area contributed by atoms with Crippen LogP contribution in [0.3, 0.4) is 0 Å². The number of nitrogens with one attached hydrogen (secondary N) is 1. The molecule has 0 fully saturated rings. The van der Waals surface area contributed by atoms with Crippen molar-refractivity contribution in [2.24, 2.45) is 0 Å². The van der Waals surface area contributed by atoms with Crippen LogP contribution < -0.4 is 14.8 Å². The summed E-state index contributed by atoms with van der Waals surface area (Å²) in [7, 11) is 0. The van der Waals surface area contributed by atoms with Gasteiger partial charge in [-0.2, -0.15) is 0 Å². The first kappa shape index (κ1) is 18.4. The molecule has 30 heavy (non-hydrogen) atoms. The Morgan fingerprint density at radius 3 is 2.77 bits per heavy atom. The maximum Gasteiger partial charge on any atom is 0.263 e. The zero-order valence-corrected chi connectivity index (χ0v) is 16.9. The molecule has 0 unspecified atom stereocenters. The normalized spacial score (nSPS) is 12.3. The van der Waals surface area contributed by atoms with Crippen LogP contribution in [0.25, 0.3) is 4.96 Å². The largest absolute Gasteiger partial charge is 0.454 e. The van der Waals surface area contributed by atoms with Crippen molar-refractivity contribution in [3.63, 3.8) is 0 Å². The number of carbonyl (C=O) groups is 2. The van der Waals surface area contributed by atoms with Crippen molar-refractivity contribution >= 4 is 28.0 Å². The van der Waals surface area contributed by atoms with Crippen molar-refractivity contribution < 1.29 is 19.1 Å². The van der Waals surface area contributed by atoms with Gasteiger partial charge in [-0.05, 0) is 24.6 Å². The predicted octanol–water partition coefficient (Wildman–Crippen LogP) is 3.59. The average Bonchev–Trinajstić information content (AvgIpc) is 3.48. The lowest BCUT2D eigenvalue weighted by molar-refractivity contribution is 0.0952. The molecule has 1 aliphatic rings. The number of aromatic nitrogens is 2. The molecule has 0 atom stereocenters. The Labute approximate surface area is 175 Å². The van der Waals surface area contributed by atoms with Gasteiger partial charge in [0.2, 0.25) is 12.6 Å². The fourth-order valence-electron chi connectivity index (χ4n) is 3.42. The van der Waals surface area contributed by atoms with Gasteiger partial charge in [0.1, 0.15) is 10.6 Å². The smallest absolute Gasteiger partial charge is 0.263 e. The highest BCUT2D eigenvalue weighted by Crippen LogP contribution is 2.32. The summed E-state index contributed by atoms with van der Waals surface area (Å²) >= 11 is 1.26. The van der Waals surface area contributed by atoms with E-state index in [4.69, 9.17) is 9.47 Å². The van der Waals surface area contributed by atoms with E-state index in [1.165, 1.54) is 11.3 Å². The van der Waals surface area contributed by atoms with E-state index in [9.17, 15) is 9.59 Å². The number of ketones is 1. The van der Waals surface area contributed by atoms with Gasteiger partial charge in [-0.25, -0.2) is 4.98 Å². The monoisotopic (exact) mass is 419 g/mol. The third-order valence-electron chi connectivity index (χ3n) is 4.95. The summed E-state index contributed by atoms with van der Waals surface area (Å²) in [6.45, 7) is 2.39. The number of nitrogens with zero attached hydrogens (tertiary/aromatic N) is 2. The minimum Gasteiger partial charge on any atom is -0.454 e. The van der Waals surface area contributed by atoms with Gasteiger partial charge in [-0.15, -0.1) is 0 Å². The predicted molar refractivity (Wildman–Crippen MR) is 111 cm³/mol. The highest BCUT2D eigenvalue weighted by Gasteiger charge is 2.22. The molecule has 1 aliphatic heterocycles. The Balaban J connectivity index is 1.38. The summed E-state index contributed by atoms with van der Waals surface area (Å²) in [6.07, 6.45) is 1.56. The van der Waals surface area contributed by atoms with E-state index in [1.807, 2.05) is 43.3 Å². The van der Waals surface area contributed by atoms with Crippen LogP contribution in [0.4, 0.5) is 0 Å². The molecule has 7 nitrogen and oxygen atoms in total. The number of hydrogen-bond donors (Lipinski definition) is 1. The number of ether oxygens (including phenoxy) is 2. The van der Waals surface area contributed by atoms with Crippen molar-refractivity contribution in [1.29, 1.82) is 0 Å². The molecule has 3 heterocycles. The number of fused-ring (bicyclic) bond motifs is 2. The van der Waals surface area contributed by atoms with Crippen molar-refractivity contribution in [3.8, 4) is 11.5 Å². The lowest BCUT2D eigenvalue weighted by atomic mass is 10.1. The molecule has 0 radical (unpaired) electrons. The minimum atomic E-state index is -0.209. The van der Waals surface area contributed by atoms with Crippen molar-refractivity contribution in [2.45, 2.75) is 13.5 Å². The van der Waals surface area contributed by atoms with Crippen LogP contribution in [0, 0.1) is 6.92 Å². The molecule has 2 aromatic carbocycles. The molecule has 4 aromatic rings. The Kier molecular flexibility index (Phi) is 4.48. The van der Waals surface area contributed by atoms with Crippen LogP contribution in [-0.2, 0) is 6.54 Å². The van der Waals surface area contributed by atoms with Gasteiger partial charge in [0, 0.05) is 17.8 Å². The van der Waals surface area contributed by atoms with Gasteiger partial charge in [0.25, 0.3) is 5.91 Å². The Hall–Kier alpha value is -3.65. The summed E-state index contributed by atoms with van der Waals surface area (Å²) in [4.78, 5) is 31.2. The van der Waals surface area contributed by atoms with E-state index in [1.54, 1.807) is 22.7 Å². The molecule has 0 spiro atoms. The van der Waals surface area contributed by atoms with Gasteiger partial charge < -0.3 is 14.8 Å². The van der Waals surface area contributed by atoms with Crippen molar-refractivity contribution in [3.05, 3.63) is 82.1 Å². The van der Waals surface area contributed by atoms with Crippen molar-refractivity contribution in [2.75, 3.05) is 6.79 Å². The number of amides is 1. The zero-order valence-electron chi connectivity index (χ0n) is 16.0. The van der Waals surface area contributed by atoms with E-state index in [-0.39, 0.29) is 18.5 Å². The maximum absolute atomic E-state index is 12.9. The summed E-state index contributed by atoms with van der Waals surface area (Å²) in [5, 5.41) is 2.93. The average molecular weight is 419 g/mol. The highest BCUT2D eigenvalue weighted by molar-refractivity contribution is 7.19. The second-order valence-corrected chi connectivity index (χ2v) is 7.82. The number of carbonyl (C=O) groups excluding carboxylic acids is 2. The molecule has 1 N–H and O–H groups in total. The maximum atomic E-state index is 12.9. The van der Waals surface area contributed by atoms with Crippen LogP contribution in [0.15, 0.2) is 54.7 Å². The van der Waals surface area contributed by atoms with Gasteiger partial charge in [-0.3, -0.25) is 14.0 Å². The Morgan fingerprint density at radius 1 is 1.13 bits per heavy atom. The minimum absolute atomic E-state index is 0.128. The van der Waals surface area contributed by atoms with E-state index < -0.39 is 0 Å². The molecule has 8 heteroatoms. The Bertz CT molecular complexity index is 1280. The second-order valence-electron chi connectivity index (χ2n) is 6.84. The first-order chi connectivity index (χ1) is 14.6. The molecular weight excluding hydrogens is 402 g/mol. The fourth-order valence-corrected chi connectivity index (χ4v) is 4.44. The van der Waals surface area contributed by atoms with Crippen LogP contribution in [0.2, 0.25) is 0 Å². The van der Waals surface area contributed by atoms with E-state index in [0.29, 0.717) is 44.8 Å². The number of imidazole rings is 1. The summed E-state index contributed by atoms with van der Waals surface area (Å²) < 4.78 is 12.4. The topological polar surface area (TPSA) is 81.9 Å². The van der Waals surface area contributed by atoms with Gasteiger partial charge in [0.05, 0.1) is 6.20 Å². The molecular formula is C22H17N3O4S. The Morgan fingerprint density at radius 2 is 1.93 bits per heavy atom. The molecule has 0 saturated heterocycles. The summed E-state index contributed by atoms with van der Waals surface area (Å²) in [5.74, 6) is 1.04. The third-order valence-corrected chi connectivity index (χ3v) is 6.11. The van der Waals surface area contributed by atoms with Crippen LogP contribution >= 0.6 is 11.3 Å². The first-order valence-electron chi connectivity index (χ1n) is 9.35. The van der Waals surface area contributed by atoms with E-state index in [2.05, 4.69) is 10.3 Å². The van der Waals surface area contributed by atoms with Gasteiger partial charge in [0.15, 0.2) is 16.5 Å². The summed E-state index contributed by atoms with van der Waals surface area (Å²) in [5.41, 5.74) is 2.62. The first-order valence-corrected chi connectivity index (χ1v) is 10.2. The lowest BCUT2D eigenvalue weighted by Crippen LogP contribution is -2.22. The fraction of sp³-hybridized carbons (Fsp3) is 0.136. The van der Waals surface area contributed by atoms with Gasteiger partial charge >= 0.3 is 0 Å². The van der Waals surface area contributed by atoms with Crippen LogP contribution in [0.1, 0.15) is 37.0 Å². The van der Waals surface area contributed by atoms with Crippen LogP contribution in [0.5, 0.6) is 11.5 Å². The molecule has 0 saturated carbocycles. The summed E-state index contributed by atoms with van der Waals surface area (Å²) in [6, 6.07) is 14.6. The molecule has 1 amide bonds. The molecule has 0 bridgehead atoms. The highest BCUT2D eigenvalue weighted by atomic mass is 32.1. The lowest BCUT2D eigenvalue weighted by Gasteiger charge is -2.06. The van der Waals surface area contributed by atoms with E-state index >= 15 is 0 Å². The number of thiazole rings is 1. The van der Waals surface area contributed by atoms with E-state index in [0.717, 1.165) is 5.56 Å². The number of rotatable bonds is 5. The van der Waals surface area contributed by atoms with Crippen LogP contribution in [-0.4, -0.2) is 27.9 Å². The quantitative estimate of drug-likeness (QED) is 0.500. The number of aryl methyl sites for hydroxylation is 1. The molecule has 150 valence electrons. The second kappa shape index (κ2) is 7.31. The van der Waals surface area contributed by atoms with Gasteiger partial charge in [-0.1, -0.05) is 47.7 Å². The standard InChI is InChI=1S/C22H17N3O4S/c1-13-20(21(27)23-10-14-7-8-17-18(9-14)29-12-28-17)30-22-24-11-16(25(13)22)19(26)15-5-3-2-4-6-15/h2-9,11H,10,12H2,1H3,(H,23,27). The number of benzene rings is 2. The molecule has 5 rings (SSSR count). The SMILES string of the molecule is Cc1c(C(=O)NCc2ccc3c(c2)OCO3)sc2ncc(C(=O)c3ccccc3)n12. The van der Waals surface area contributed by atoms with Crippen molar-refractivity contribution in [1.82, 2.24) is 14.7 Å². The zero-order chi connectivity index (χ0) is 20.7.